The van der Waals surface area contributed by atoms with Crippen molar-refractivity contribution in [1.82, 2.24) is 4.90 Å². The highest BCUT2D eigenvalue weighted by Crippen LogP contribution is 2.27. The second-order valence-corrected chi connectivity index (χ2v) is 9.15. The highest BCUT2D eigenvalue weighted by atomic mass is 16.6. The molecule has 4 rings (SSSR count). The molecule has 0 unspecified atom stereocenters. The summed E-state index contributed by atoms with van der Waals surface area (Å²) >= 11 is 0. The molecule has 1 aliphatic rings. The van der Waals surface area contributed by atoms with Crippen LogP contribution in [0, 0.1) is 0 Å². The van der Waals surface area contributed by atoms with Crippen LogP contribution in [-0.2, 0) is 20.9 Å². The molecule has 206 valence electrons. The smallest absolute Gasteiger partial charge is 0.338 e. The summed E-state index contributed by atoms with van der Waals surface area (Å²) in [6.07, 6.45) is -3.12. The molecule has 1 N–H and O–H groups in total. The molecule has 9 heteroatoms. The standard InChI is InChI=1S/C30H33NO8/c1-20(32)31-17-27(39-30(34)22-7-5-4-6-8-22)28(33)29(38-18-21-9-11-23(35-2)12-10-21)26(31)19-37-25-15-13-24(36-3)14-16-25/h4-16,26-29,33H,17-19H2,1-3H3/t26-,27-,28+,29+/m1/s1. The minimum absolute atomic E-state index is 0.00584. The number of aliphatic hydroxyl groups excluding tert-OH is 1. The lowest BCUT2D eigenvalue weighted by Crippen LogP contribution is -2.65. The Morgan fingerprint density at radius 2 is 1.46 bits per heavy atom. The molecule has 0 aliphatic carbocycles. The average molecular weight is 536 g/mol. The number of likely N-dealkylation sites (tertiary alicyclic amines) is 1. The number of rotatable bonds is 10. The van der Waals surface area contributed by atoms with Crippen molar-refractivity contribution in [2.75, 3.05) is 27.4 Å². The summed E-state index contributed by atoms with van der Waals surface area (Å²) in [6.45, 7) is 1.62. The summed E-state index contributed by atoms with van der Waals surface area (Å²) in [7, 11) is 3.17. The van der Waals surface area contributed by atoms with Gasteiger partial charge >= 0.3 is 5.97 Å². The third-order valence-corrected chi connectivity index (χ3v) is 6.63. The van der Waals surface area contributed by atoms with Crippen LogP contribution in [0.3, 0.4) is 0 Å². The minimum Gasteiger partial charge on any atom is -0.497 e. The van der Waals surface area contributed by atoms with Crippen LogP contribution in [0.25, 0.3) is 0 Å². The number of hydrogen-bond donors (Lipinski definition) is 1. The number of ether oxygens (including phenoxy) is 5. The van der Waals surface area contributed by atoms with E-state index < -0.39 is 30.3 Å². The van der Waals surface area contributed by atoms with Gasteiger partial charge in [0.15, 0.2) is 0 Å². The van der Waals surface area contributed by atoms with E-state index in [4.69, 9.17) is 23.7 Å². The van der Waals surface area contributed by atoms with E-state index in [1.54, 1.807) is 68.8 Å². The van der Waals surface area contributed by atoms with E-state index in [-0.39, 0.29) is 25.7 Å². The number of carbonyl (C=O) groups excluding carboxylic acids is 2. The minimum atomic E-state index is -1.21. The van der Waals surface area contributed by atoms with Crippen molar-refractivity contribution < 1.29 is 38.4 Å². The normalized spacial score (nSPS) is 20.7. The molecule has 9 nitrogen and oxygen atoms in total. The fourth-order valence-corrected chi connectivity index (χ4v) is 4.46. The van der Waals surface area contributed by atoms with Crippen LogP contribution in [0.4, 0.5) is 0 Å². The van der Waals surface area contributed by atoms with Gasteiger partial charge in [0.25, 0.3) is 0 Å². The molecule has 0 saturated carbocycles. The first-order chi connectivity index (χ1) is 18.9. The Hall–Kier alpha value is -4.08. The predicted octanol–water partition coefficient (Wildman–Crippen LogP) is 3.49. The molecule has 1 aliphatic heterocycles. The monoisotopic (exact) mass is 535 g/mol. The molecule has 1 fully saturated rings. The third-order valence-electron chi connectivity index (χ3n) is 6.63. The van der Waals surface area contributed by atoms with Gasteiger partial charge in [-0.1, -0.05) is 30.3 Å². The van der Waals surface area contributed by atoms with Crippen molar-refractivity contribution in [3.8, 4) is 17.2 Å². The molecule has 1 amide bonds. The molecule has 0 aromatic heterocycles. The Labute approximate surface area is 227 Å². The van der Waals surface area contributed by atoms with Crippen molar-refractivity contribution in [2.45, 2.75) is 37.9 Å². The Morgan fingerprint density at radius 1 is 0.872 bits per heavy atom. The summed E-state index contributed by atoms with van der Waals surface area (Å²) in [5.74, 6) is 1.11. The quantitative estimate of drug-likeness (QED) is 0.394. The first-order valence-corrected chi connectivity index (χ1v) is 12.6. The van der Waals surface area contributed by atoms with E-state index in [1.165, 1.54) is 11.8 Å². The van der Waals surface area contributed by atoms with Crippen LogP contribution < -0.4 is 14.2 Å². The van der Waals surface area contributed by atoms with Crippen LogP contribution in [0.1, 0.15) is 22.8 Å². The number of hydrogen-bond acceptors (Lipinski definition) is 8. The average Bonchev–Trinajstić information content (AvgIpc) is 2.97. The Kier molecular flexibility index (Phi) is 9.40. The number of amides is 1. The Morgan fingerprint density at radius 3 is 2.05 bits per heavy atom. The van der Waals surface area contributed by atoms with Gasteiger partial charge in [0.05, 0.1) is 39.0 Å². The third kappa shape index (κ3) is 7.07. The second-order valence-electron chi connectivity index (χ2n) is 9.15. The van der Waals surface area contributed by atoms with Crippen LogP contribution in [0.2, 0.25) is 0 Å². The lowest BCUT2D eigenvalue weighted by molar-refractivity contribution is -0.179. The van der Waals surface area contributed by atoms with Gasteiger partial charge in [-0.15, -0.1) is 0 Å². The van der Waals surface area contributed by atoms with E-state index in [1.807, 2.05) is 24.3 Å². The largest absolute Gasteiger partial charge is 0.497 e. The molecule has 0 radical (unpaired) electrons. The van der Waals surface area contributed by atoms with Crippen LogP contribution in [0.5, 0.6) is 17.2 Å². The molecule has 3 aromatic carbocycles. The van der Waals surface area contributed by atoms with Gasteiger partial charge in [0.1, 0.15) is 42.2 Å². The van der Waals surface area contributed by atoms with Gasteiger partial charge in [-0.2, -0.15) is 0 Å². The summed E-state index contributed by atoms with van der Waals surface area (Å²) in [6, 6.07) is 22.2. The number of benzene rings is 3. The van der Waals surface area contributed by atoms with Gasteiger partial charge in [0, 0.05) is 6.92 Å². The highest BCUT2D eigenvalue weighted by Gasteiger charge is 2.47. The molecule has 3 aromatic rings. The van der Waals surface area contributed by atoms with E-state index in [2.05, 4.69) is 0 Å². The van der Waals surface area contributed by atoms with Crippen LogP contribution >= 0.6 is 0 Å². The van der Waals surface area contributed by atoms with Gasteiger partial charge < -0.3 is 33.7 Å². The summed E-state index contributed by atoms with van der Waals surface area (Å²) in [5, 5.41) is 11.4. The summed E-state index contributed by atoms with van der Waals surface area (Å²) < 4.78 is 28.3. The number of methoxy groups -OCH3 is 2. The van der Waals surface area contributed by atoms with E-state index >= 15 is 0 Å². The zero-order valence-electron chi connectivity index (χ0n) is 22.2. The molecule has 1 saturated heterocycles. The summed E-state index contributed by atoms with van der Waals surface area (Å²) in [5.41, 5.74) is 1.19. The number of carbonyl (C=O) groups is 2. The second kappa shape index (κ2) is 13.1. The topological polar surface area (TPSA) is 104 Å². The zero-order valence-corrected chi connectivity index (χ0v) is 22.2. The van der Waals surface area contributed by atoms with Gasteiger partial charge in [0.2, 0.25) is 5.91 Å². The predicted molar refractivity (Wildman–Crippen MR) is 143 cm³/mol. The molecule has 1 heterocycles. The maximum atomic E-state index is 12.8. The fraction of sp³-hybridized carbons (Fsp3) is 0.333. The van der Waals surface area contributed by atoms with E-state index in [9.17, 15) is 14.7 Å². The number of esters is 1. The lowest BCUT2D eigenvalue weighted by Gasteiger charge is -2.46. The van der Waals surface area contributed by atoms with Crippen molar-refractivity contribution >= 4 is 11.9 Å². The number of aliphatic hydroxyl groups is 1. The van der Waals surface area contributed by atoms with Crippen LogP contribution in [-0.4, -0.2) is 73.6 Å². The zero-order chi connectivity index (χ0) is 27.8. The molecule has 4 atom stereocenters. The number of piperidine rings is 1. The van der Waals surface area contributed by atoms with Gasteiger partial charge in [-0.25, -0.2) is 4.79 Å². The maximum Gasteiger partial charge on any atom is 0.338 e. The van der Waals surface area contributed by atoms with Gasteiger partial charge in [-0.05, 0) is 54.1 Å². The SMILES string of the molecule is COc1ccc(CO[C@@H]2[C@@H](O)[C@H](OC(=O)c3ccccc3)CN(C(C)=O)[C@@H]2COc2ccc(OC)cc2)cc1. The Balaban J connectivity index is 1.56. The fourth-order valence-electron chi connectivity index (χ4n) is 4.46. The van der Waals surface area contributed by atoms with E-state index in [0.717, 1.165) is 5.56 Å². The molecular weight excluding hydrogens is 502 g/mol. The Bertz CT molecular complexity index is 1220. The van der Waals surface area contributed by atoms with Crippen molar-refractivity contribution in [3.63, 3.8) is 0 Å². The van der Waals surface area contributed by atoms with Crippen molar-refractivity contribution in [3.05, 3.63) is 90.0 Å². The molecular formula is C30H33NO8. The number of nitrogens with zero attached hydrogens (tertiary/aromatic N) is 1. The maximum absolute atomic E-state index is 12.8. The molecule has 0 bridgehead atoms. The molecule has 0 spiro atoms. The van der Waals surface area contributed by atoms with Crippen molar-refractivity contribution in [1.29, 1.82) is 0 Å². The van der Waals surface area contributed by atoms with Gasteiger partial charge in [-0.3, -0.25) is 4.79 Å². The first-order valence-electron chi connectivity index (χ1n) is 12.6. The molecule has 39 heavy (non-hydrogen) atoms. The lowest BCUT2D eigenvalue weighted by atomic mass is 9.93. The summed E-state index contributed by atoms with van der Waals surface area (Å²) in [4.78, 5) is 27.1. The first kappa shape index (κ1) is 27.9. The highest BCUT2D eigenvalue weighted by molar-refractivity contribution is 5.89. The van der Waals surface area contributed by atoms with Crippen molar-refractivity contribution in [2.24, 2.45) is 0 Å². The van der Waals surface area contributed by atoms with E-state index in [0.29, 0.717) is 22.8 Å². The van der Waals surface area contributed by atoms with Crippen LogP contribution in [0.15, 0.2) is 78.9 Å².